The highest BCUT2D eigenvalue weighted by molar-refractivity contribution is 5.19. The van der Waals surface area contributed by atoms with E-state index in [1.807, 2.05) is 0 Å². The second-order valence-electron chi connectivity index (χ2n) is 5.74. The van der Waals surface area contributed by atoms with Crippen molar-refractivity contribution < 1.29 is 0 Å². The average Bonchev–Trinajstić information content (AvgIpc) is 3.19. The minimum atomic E-state index is 0.437. The summed E-state index contributed by atoms with van der Waals surface area (Å²) in [4.78, 5) is 2.62. The van der Waals surface area contributed by atoms with Crippen molar-refractivity contribution in [2.75, 3.05) is 20.1 Å². The third-order valence-electron chi connectivity index (χ3n) is 3.89. The third-order valence-corrected chi connectivity index (χ3v) is 3.89. The summed E-state index contributed by atoms with van der Waals surface area (Å²) in [7, 11) is 2.06. The summed E-state index contributed by atoms with van der Waals surface area (Å²) in [6, 6.07) is 11.8. The maximum Gasteiger partial charge on any atom is 0.0446 e. The van der Waals surface area contributed by atoms with Crippen molar-refractivity contribution in [1.82, 2.24) is 10.2 Å². The lowest BCUT2D eigenvalue weighted by molar-refractivity contribution is 0.192. The highest BCUT2D eigenvalue weighted by Gasteiger charge is 2.26. The maximum atomic E-state index is 3.46. The van der Waals surface area contributed by atoms with Crippen LogP contribution in [0.25, 0.3) is 0 Å². The zero-order valence-corrected chi connectivity index (χ0v) is 11.9. The molecule has 1 aromatic carbocycles. The predicted octanol–water partition coefficient (Wildman–Crippen LogP) is 3.07. The molecule has 0 aromatic heterocycles. The van der Waals surface area contributed by atoms with Crippen molar-refractivity contribution in [3.63, 3.8) is 0 Å². The maximum absolute atomic E-state index is 3.46. The average molecular weight is 246 g/mol. The smallest absolute Gasteiger partial charge is 0.0446 e. The lowest BCUT2D eigenvalue weighted by Gasteiger charge is -2.31. The van der Waals surface area contributed by atoms with Gasteiger partial charge in [0.1, 0.15) is 0 Å². The highest BCUT2D eigenvalue weighted by atomic mass is 15.2. The molecular weight excluding hydrogens is 220 g/mol. The quantitative estimate of drug-likeness (QED) is 0.795. The van der Waals surface area contributed by atoms with Crippen LogP contribution in [0.15, 0.2) is 30.3 Å². The van der Waals surface area contributed by atoms with Gasteiger partial charge in [-0.05, 0) is 45.2 Å². The van der Waals surface area contributed by atoms with Crippen molar-refractivity contribution in [3.05, 3.63) is 35.9 Å². The first-order chi connectivity index (χ1) is 8.70. The monoisotopic (exact) mass is 246 g/mol. The van der Waals surface area contributed by atoms with Crippen molar-refractivity contribution >= 4 is 0 Å². The standard InChI is InChI=1S/C16H26N2/c1-13(2)18(11-14-9-10-14)12-16(17-3)15-7-5-4-6-8-15/h4-8,13-14,16-17H,9-12H2,1-3H3. The van der Waals surface area contributed by atoms with Gasteiger partial charge in [-0.25, -0.2) is 0 Å². The molecule has 1 fully saturated rings. The lowest BCUT2D eigenvalue weighted by Crippen LogP contribution is -2.39. The molecule has 0 bridgehead atoms. The fraction of sp³-hybridized carbons (Fsp3) is 0.625. The first-order valence-electron chi connectivity index (χ1n) is 7.17. The van der Waals surface area contributed by atoms with Crippen LogP contribution < -0.4 is 5.32 Å². The van der Waals surface area contributed by atoms with E-state index in [4.69, 9.17) is 0 Å². The highest BCUT2D eigenvalue weighted by Crippen LogP contribution is 2.31. The Bertz CT molecular complexity index is 343. The zero-order valence-electron chi connectivity index (χ0n) is 11.9. The van der Waals surface area contributed by atoms with Gasteiger partial charge >= 0.3 is 0 Å². The molecule has 0 aliphatic heterocycles. The Labute approximate surface area is 111 Å². The molecule has 1 aliphatic carbocycles. The van der Waals surface area contributed by atoms with E-state index in [1.54, 1.807) is 0 Å². The van der Waals surface area contributed by atoms with Crippen molar-refractivity contribution in [2.24, 2.45) is 5.92 Å². The number of hydrogen-bond acceptors (Lipinski definition) is 2. The molecular formula is C16H26N2. The number of benzene rings is 1. The van der Waals surface area contributed by atoms with Crippen LogP contribution in [0.3, 0.4) is 0 Å². The molecule has 18 heavy (non-hydrogen) atoms. The lowest BCUT2D eigenvalue weighted by atomic mass is 10.1. The minimum Gasteiger partial charge on any atom is -0.312 e. The van der Waals surface area contributed by atoms with E-state index in [-0.39, 0.29) is 0 Å². The summed E-state index contributed by atoms with van der Waals surface area (Å²) in [5, 5.41) is 3.46. The van der Waals surface area contributed by atoms with Crippen LogP contribution in [0, 0.1) is 5.92 Å². The molecule has 1 saturated carbocycles. The molecule has 0 radical (unpaired) electrons. The normalized spacial score (nSPS) is 17.4. The summed E-state index contributed by atoms with van der Waals surface area (Å²) in [6.45, 7) is 6.98. The molecule has 0 spiro atoms. The minimum absolute atomic E-state index is 0.437. The van der Waals surface area contributed by atoms with Gasteiger partial charge in [0.2, 0.25) is 0 Å². The third kappa shape index (κ3) is 3.82. The molecule has 1 N–H and O–H groups in total. The molecule has 1 aliphatic rings. The molecule has 0 heterocycles. The molecule has 2 heteroatoms. The first kappa shape index (κ1) is 13.6. The van der Waals surface area contributed by atoms with Gasteiger partial charge in [0.15, 0.2) is 0 Å². The Morgan fingerprint density at radius 1 is 1.22 bits per heavy atom. The van der Waals surface area contributed by atoms with Gasteiger partial charge in [-0.2, -0.15) is 0 Å². The van der Waals surface area contributed by atoms with Crippen LogP contribution in [0.4, 0.5) is 0 Å². The SMILES string of the molecule is CNC(CN(CC1CC1)C(C)C)c1ccccc1. The van der Waals surface area contributed by atoms with Crippen LogP contribution >= 0.6 is 0 Å². The van der Waals surface area contributed by atoms with E-state index >= 15 is 0 Å². The zero-order chi connectivity index (χ0) is 13.0. The largest absolute Gasteiger partial charge is 0.312 e. The Morgan fingerprint density at radius 2 is 1.89 bits per heavy atom. The van der Waals surface area contributed by atoms with Crippen LogP contribution in [0.5, 0.6) is 0 Å². The first-order valence-corrected chi connectivity index (χ1v) is 7.17. The van der Waals surface area contributed by atoms with E-state index in [0.29, 0.717) is 12.1 Å². The summed E-state index contributed by atoms with van der Waals surface area (Å²) in [5.74, 6) is 0.959. The molecule has 1 aromatic rings. The van der Waals surface area contributed by atoms with Crippen molar-refractivity contribution in [2.45, 2.75) is 38.8 Å². The Morgan fingerprint density at radius 3 is 2.39 bits per heavy atom. The summed E-state index contributed by atoms with van der Waals surface area (Å²) >= 11 is 0. The summed E-state index contributed by atoms with van der Waals surface area (Å²) < 4.78 is 0. The molecule has 100 valence electrons. The van der Waals surface area contributed by atoms with Gasteiger partial charge in [0.25, 0.3) is 0 Å². The predicted molar refractivity (Wildman–Crippen MR) is 77.7 cm³/mol. The Kier molecular flexibility index (Phi) is 4.79. The van der Waals surface area contributed by atoms with E-state index in [0.717, 1.165) is 12.5 Å². The van der Waals surface area contributed by atoms with E-state index in [2.05, 4.69) is 61.4 Å². The van der Waals surface area contributed by atoms with Crippen molar-refractivity contribution in [3.8, 4) is 0 Å². The summed E-state index contributed by atoms with van der Waals surface area (Å²) in [6.07, 6.45) is 2.86. The van der Waals surface area contributed by atoms with E-state index in [1.165, 1.54) is 24.9 Å². The van der Waals surface area contributed by atoms with Gasteiger partial charge in [-0.3, -0.25) is 4.90 Å². The van der Waals surface area contributed by atoms with Crippen LogP contribution in [0.1, 0.15) is 38.3 Å². The van der Waals surface area contributed by atoms with Crippen LogP contribution in [-0.2, 0) is 0 Å². The topological polar surface area (TPSA) is 15.3 Å². The van der Waals surface area contributed by atoms with Crippen molar-refractivity contribution in [1.29, 1.82) is 0 Å². The second kappa shape index (κ2) is 6.35. The number of rotatable bonds is 7. The number of nitrogens with one attached hydrogen (secondary N) is 1. The van der Waals surface area contributed by atoms with Crippen LogP contribution in [-0.4, -0.2) is 31.1 Å². The van der Waals surface area contributed by atoms with Gasteiger partial charge < -0.3 is 5.32 Å². The second-order valence-corrected chi connectivity index (χ2v) is 5.74. The van der Waals surface area contributed by atoms with Crippen LogP contribution in [0.2, 0.25) is 0 Å². The Balaban J connectivity index is 1.98. The molecule has 1 unspecified atom stereocenters. The molecule has 0 saturated heterocycles. The number of nitrogens with zero attached hydrogens (tertiary/aromatic N) is 1. The van der Waals surface area contributed by atoms with Gasteiger partial charge in [0, 0.05) is 25.2 Å². The number of hydrogen-bond donors (Lipinski definition) is 1. The molecule has 2 rings (SSSR count). The molecule has 1 atom stereocenters. The van der Waals surface area contributed by atoms with Gasteiger partial charge in [-0.1, -0.05) is 30.3 Å². The van der Waals surface area contributed by atoms with Gasteiger partial charge in [-0.15, -0.1) is 0 Å². The molecule has 2 nitrogen and oxygen atoms in total. The Hall–Kier alpha value is -0.860. The fourth-order valence-corrected chi connectivity index (χ4v) is 2.41. The van der Waals surface area contributed by atoms with E-state index < -0.39 is 0 Å². The van der Waals surface area contributed by atoms with Gasteiger partial charge in [0.05, 0.1) is 0 Å². The fourth-order valence-electron chi connectivity index (χ4n) is 2.41. The summed E-state index contributed by atoms with van der Waals surface area (Å²) in [5.41, 5.74) is 1.39. The molecule has 0 amide bonds. The number of likely N-dealkylation sites (N-methyl/N-ethyl adjacent to an activating group) is 1. The van der Waals surface area contributed by atoms with E-state index in [9.17, 15) is 0 Å².